The van der Waals surface area contributed by atoms with Crippen LogP contribution in [0.15, 0.2) is 24.4 Å². The molecule has 0 aromatic carbocycles. The zero-order valence-electron chi connectivity index (χ0n) is 14.6. The maximum absolute atomic E-state index is 6.34. The third kappa shape index (κ3) is 3.31. The smallest absolute Gasteiger partial charge is 0.212 e. The number of ether oxygens (including phenoxy) is 2. The van der Waals surface area contributed by atoms with Crippen molar-refractivity contribution in [3.8, 4) is 5.88 Å². The van der Waals surface area contributed by atoms with Gasteiger partial charge in [-0.05, 0) is 43.4 Å². The first kappa shape index (κ1) is 17.3. The van der Waals surface area contributed by atoms with Crippen LogP contribution in [0.4, 0.5) is 0 Å². The Morgan fingerprint density at radius 3 is 3.08 bits per heavy atom. The second-order valence-electron chi connectivity index (χ2n) is 6.98. The van der Waals surface area contributed by atoms with Gasteiger partial charge in [0.1, 0.15) is 5.60 Å². The lowest BCUT2D eigenvalue weighted by Gasteiger charge is -2.47. The van der Waals surface area contributed by atoms with E-state index in [2.05, 4.69) is 28.9 Å². The van der Waals surface area contributed by atoms with E-state index in [0.29, 0.717) is 11.9 Å². The van der Waals surface area contributed by atoms with Gasteiger partial charge >= 0.3 is 0 Å². The predicted octanol–water partition coefficient (Wildman–Crippen LogP) is 4.26. The summed E-state index contributed by atoms with van der Waals surface area (Å²) in [4.78, 5) is 8.19. The number of thiophene rings is 1. The standard InChI is InChI=1S/C19H23ClN2O2S/c1-13-10-19(18-15(5-8-24-19)9-16(20)25-18)6-7-22(13)12-14-3-4-17(23-2)21-11-14/h3-4,9,11,13H,5-8,10,12H2,1-2H3/t13-,19+/m0/s1. The average Bonchev–Trinajstić information content (AvgIpc) is 3.00. The molecule has 25 heavy (non-hydrogen) atoms. The molecule has 2 aliphatic rings. The van der Waals surface area contributed by atoms with Crippen LogP contribution in [0.3, 0.4) is 0 Å². The summed E-state index contributed by atoms with van der Waals surface area (Å²) in [6.45, 7) is 5.02. The molecule has 2 atom stereocenters. The summed E-state index contributed by atoms with van der Waals surface area (Å²) >= 11 is 7.99. The van der Waals surface area contributed by atoms with E-state index in [0.717, 1.165) is 43.3 Å². The minimum atomic E-state index is -0.139. The van der Waals surface area contributed by atoms with E-state index in [1.807, 2.05) is 12.3 Å². The monoisotopic (exact) mass is 378 g/mol. The SMILES string of the molecule is COc1ccc(CN2CC[C@]3(C[C@@H]2C)OCCc2cc(Cl)sc23)cn1. The van der Waals surface area contributed by atoms with Crippen LogP contribution in [0.2, 0.25) is 4.34 Å². The van der Waals surface area contributed by atoms with Gasteiger partial charge in [0.2, 0.25) is 5.88 Å². The zero-order chi connectivity index (χ0) is 17.4. The Labute approximate surface area is 157 Å². The van der Waals surface area contributed by atoms with Gasteiger partial charge in [-0.25, -0.2) is 4.98 Å². The lowest BCUT2D eigenvalue weighted by Crippen LogP contribution is -2.49. The first-order chi connectivity index (χ1) is 12.1. The van der Waals surface area contributed by atoms with Crippen LogP contribution in [0.5, 0.6) is 5.88 Å². The molecule has 1 fully saturated rings. The number of pyridine rings is 1. The van der Waals surface area contributed by atoms with Crippen molar-refractivity contribution in [1.29, 1.82) is 0 Å². The average molecular weight is 379 g/mol. The fourth-order valence-corrected chi connectivity index (χ4v) is 5.55. The van der Waals surface area contributed by atoms with Crippen LogP contribution in [0, 0.1) is 0 Å². The molecule has 134 valence electrons. The molecule has 0 N–H and O–H groups in total. The van der Waals surface area contributed by atoms with Gasteiger partial charge < -0.3 is 9.47 Å². The molecule has 0 amide bonds. The Bertz CT molecular complexity index is 748. The highest BCUT2D eigenvalue weighted by Crippen LogP contribution is 2.48. The number of hydrogen-bond acceptors (Lipinski definition) is 5. The number of likely N-dealkylation sites (tertiary alicyclic amines) is 1. The molecule has 0 unspecified atom stereocenters. The highest BCUT2D eigenvalue weighted by Gasteiger charge is 2.44. The molecule has 1 saturated heterocycles. The molecule has 4 rings (SSSR count). The molecule has 4 heterocycles. The predicted molar refractivity (Wildman–Crippen MR) is 101 cm³/mol. The summed E-state index contributed by atoms with van der Waals surface area (Å²) in [6, 6.07) is 6.60. The van der Waals surface area contributed by atoms with Gasteiger partial charge in [0, 0.05) is 36.3 Å². The van der Waals surface area contributed by atoms with E-state index in [9.17, 15) is 0 Å². The Morgan fingerprint density at radius 2 is 2.36 bits per heavy atom. The molecule has 1 spiro atoms. The molecular formula is C19H23ClN2O2S. The molecular weight excluding hydrogens is 356 g/mol. The van der Waals surface area contributed by atoms with Crippen molar-refractivity contribution in [2.24, 2.45) is 0 Å². The van der Waals surface area contributed by atoms with E-state index in [4.69, 9.17) is 21.1 Å². The largest absolute Gasteiger partial charge is 0.481 e. The van der Waals surface area contributed by atoms with Crippen molar-refractivity contribution >= 4 is 22.9 Å². The summed E-state index contributed by atoms with van der Waals surface area (Å²) in [5.41, 5.74) is 2.47. The number of piperidine rings is 1. The topological polar surface area (TPSA) is 34.6 Å². The van der Waals surface area contributed by atoms with Crippen LogP contribution in [-0.4, -0.2) is 36.2 Å². The van der Waals surface area contributed by atoms with Crippen LogP contribution >= 0.6 is 22.9 Å². The van der Waals surface area contributed by atoms with E-state index in [-0.39, 0.29) is 5.60 Å². The quantitative estimate of drug-likeness (QED) is 0.799. The molecule has 0 radical (unpaired) electrons. The lowest BCUT2D eigenvalue weighted by molar-refractivity contribution is -0.110. The van der Waals surface area contributed by atoms with Gasteiger partial charge in [-0.3, -0.25) is 4.90 Å². The summed E-state index contributed by atoms with van der Waals surface area (Å²) < 4.78 is 12.4. The third-order valence-electron chi connectivity index (χ3n) is 5.39. The number of fused-ring (bicyclic) bond motifs is 2. The van der Waals surface area contributed by atoms with Crippen molar-refractivity contribution in [2.45, 2.75) is 44.4 Å². The molecule has 2 aliphatic heterocycles. The molecule has 2 aromatic rings. The van der Waals surface area contributed by atoms with Gasteiger partial charge in [-0.15, -0.1) is 11.3 Å². The normalized spacial score (nSPS) is 26.6. The van der Waals surface area contributed by atoms with Gasteiger partial charge in [0.05, 0.1) is 18.1 Å². The summed E-state index contributed by atoms with van der Waals surface area (Å²) in [5, 5.41) is 0. The van der Waals surface area contributed by atoms with E-state index < -0.39 is 0 Å². The first-order valence-electron chi connectivity index (χ1n) is 8.75. The molecule has 2 aromatic heterocycles. The molecule has 4 nitrogen and oxygen atoms in total. The number of nitrogens with zero attached hydrogens (tertiary/aromatic N) is 2. The maximum atomic E-state index is 6.34. The van der Waals surface area contributed by atoms with Gasteiger partial charge in [-0.1, -0.05) is 17.7 Å². The molecule has 6 heteroatoms. The van der Waals surface area contributed by atoms with Crippen molar-refractivity contribution in [3.63, 3.8) is 0 Å². The van der Waals surface area contributed by atoms with Crippen molar-refractivity contribution in [2.75, 3.05) is 20.3 Å². The van der Waals surface area contributed by atoms with Crippen LogP contribution in [-0.2, 0) is 23.3 Å². The first-order valence-corrected chi connectivity index (χ1v) is 9.95. The third-order valence-corrected chi connectivity index (χ3v) is 6.88. The Balaban J connectivity index is 1.49. The van der Waals surface area contributed by atoms with Crippen LogP contribution in [0.1, 0.15) is 35.8 Å². The highest BCUT2D eigenvalue weighted by atomic mass is 35.5. The van der Waals surface area contributed by atoms with Crippen molar-refractivity contribution < 1.29 is 9.47 Å². The molecule has 0 bridgehead atoms. The molecule has 0 saturated carbocycles. The van der Waals surface area contributed by atoms with Crippen LogP contribution < -0.4 is 4.74 Å². The Kier molecular flexibility index (Phi) is 4.75. The van der Waals surface area contributed by atoms with E-state index in [1.165, 1.54) is 16.0 Å². The number of rotatable bonds is 3. The fourth-order valence-electron chi connectivity index (χ4n) is 4.07. The maximum Gasteiger partial charge on any atom is 0.212 e. The highest BCUT2D eigenvalue weighted by molar-refractivity contribution is 7.16. The van der Waals surface area contributed by atoms with Crippen molar-refractivity contribution in [1.82, 2.24) is 9.88 Å². The number of halogens is 1. The second-order valence-corrected chi connectivity index (χ2v) is 8.66. The minimum absolute atomic E-state index is 0.139. The minimum Gasteiger partial charge on any atom is -0.481 e. The van der Waals surface area contributed by atoms with E-state index >= 15 is 0 Å². The fraction of sp³-hybridized carbons (Fsp3) is 0.526. The summed E-state index contributed by atoms with van der Waals surface area (Å²) in [6.07, 6.45) is 4.92. The summed E-state index contributed by atoms with van der Waals surface area (Å²) in [5.74, 6) is 0.659. The second kappa shape index (κ2) is 6.88. The Hall–Kier alpha value is -1.14. The van der Waals surface area contributed by atoms with Crippen LogP contribution in [0.25, 0.3) is 0 Å². The van der Waals surface area contributed by atoms with Crippen molar-refractivity contribution in [3.05, 3.63) is 44.7 Å². The number of hydrogen-bond donors (Lipinski definition) is 0. The molecule has 0 aliphatic carbocycles. The van der Waals surface area contributed by atoms with E-state index in [1.54, 1.807) is 18.4 Å². The number of aromatic nitrogens is 1. The lowest BCUT2D eigenvalue weighted by atomic mass is 9.82. The van der Waals surface area contributed by atoms with Gasteiger partial charge in [0.15, 0.2) is 0 Å². The Morgan fingerprint density at radius 1 is 1.48 bits per heavy atom. The zero-order valence-corrected chi connectivity index (χ0v) is 16.2. The van der Waals surface area contributed by atoms with Gasteiger partial charge in [0.25, 0.3) is 0 Å². The number of methoxy groups -OCH3 is 1. The summed E-state index contributed by atoms with van der Waals surface area (Å²) in [7, 11) is 1.64. The van der Waals surface area contributed by atoms with Gasteiger partial charge in [-0.2, -0.15) is 0 Å².